The Morgan fingerprint density at radius 3 is 2.44 bits per heavy atom. The van der Waals surface area contributed by atoms with Crippen molar-refractivity contribution in [3.8, 4) is 11.5 Å². The Labute approximate surface area is 146 Å². The lowest BCUT2D eigenvalue weighted by molar-refractivity contribution is -0.139. The number of amides is 1. The van der Waals surface area contributed by atoms with Gasteiger partial charge >= 0.3 is 5.97 Å². The van der Waals surface area contributed by atoms with Crippen molar-refractivity contribution in [1.82, 2.24) is 5.32 Å². The van der Waals surface area contributed by atoms with E-state index >= 15 is 0 Å². The van der Waals surface area contributed by atoms with Gasteiger partial charge in [0.2, 0.25) is 5.91 Å². The third kappa shape index (κ3) is 5.53. The standard InChI is InChI=1S/C19H21NO5/c1-13(14-7-9-16(10-8-14)25-12-19(22)23)20-18(21)11-15-5-3-4-6-17(15)24-2/h3-10,13H,11-12H2,1-2H3,(H,20,21)(H,22,23). The molecule has 25 heavy (non-hydrogen) atoms. The minimum atomic E-state index is -1.03. The summed E-state index contributed by atoms with van der Waals surface area (Å²) in [6.45, 7) is 1.50. The summed E-state index contributed by atoms with van der Waals surface area (Å²) in [6, 6.07) is 14.2. The van der Waals surface area contributed by atoms with Crippen LogP contribution in [0.25, 0.3) is 0 Å². The summed E-state index contributed by atoms with van der Waals surface area (Å²) in [6.07, 6.45) is 0.230. The number of rotatable bonds is 8. The summed E-state index contributed by atoms with van der Waals surface area (Å²) in [5.74, 6) is 0.0215. The van der Waals surface area contributed by atoms with E-state index in [2.05, 4.69) is 5.32 Å². The largest absolute Gasteiger partial charge is 0.496 e. The number of ether oxygens (including phenoxy) is 2. The molecule has 1 amide bonds. The van der Waals surface area contributed by atoms with Crippen LogP contribution in [0.15, 0.2) is 48.5 Å². The van der Waals surface area contributed by atoms with Crippen molar-refractivity contribution in [2.45, 2.75) is 19.4 Å². The lowest BCUT2D eigenvalue weighted by Gasteiger charge is -2.15. The molecule has 0 spiro atoms. The van der Waals surface area contributed by atoms with Gasteiger partial charge in [0.05, 0.1) is 19.6 Å². The fraction of sp³-hybridized carbons (Fsp3) is 0.263. The highest BCUT2D eigenvalue weighted by Crippen LogP contribution is 2.20. The van der Waals surface area contributed by atoms with Gasteiger partial charge in [0.1, 0.15) is 11.5 Å². The van der Waals surface area contributed by atoms with Gasteiger partial charge in [0.15, 0.2) is 6.61 Å². The SMILES string of the molecule is COc1ccccc1CC(=O)NC(C)c1ccc(OCC(=O)O)cc1. The maximum Gasteiger partial charge on any atom is 0.341 e. The van der Waals surface area contributed by atoms with Crippen molar-refractivity contribution in [3.05, 3.63) is 59.7 Å². The first kappa shape index (κ1) is 18.3. The molecular formula is C19H21NO5. The van der Waals surface area contributed by atoms with Gasteiger partial charge in [-0.05, 0) is 30.7 Å². The average Bonchev–Trinajstić information content (AvgIpc) is 2.60. The Bertz CT molecular complexity index is 727. The Morgan fingerprint density at radius 2 is 1.80 bits per heavy atom. The van der Waals surface area contributed by atoms with E-state index < -0.39 is 5.97 Å². The van der Waals surface area contributed by atoms with Crippen LogP contribution in [0.4, 0.5) is 0 Å². The number of hydrogen-bond acceptors (Lipinski definition) is 4. The number of carboxylic acids is 1. The minimum absolute atomic E-state index is 0.108. The molecular weight excluding hydrogens is 322 g/mol. The molecule has 0 radical (unpaired) electrons. The quantitative estimate of drug-likeness (QED) is 0.769. The third-order valence-electron chi connectivity index (χ3n) is 3.66. The summed E-state index contributed by atoms with van der Waals surface area (Å²) in [5.41, 5.74) is 1.73. The van der Waals surface area contributed by atoms with Crippen molar-refractivity contribution >= 4 is 11.9 Å². The van der Waals surface area contributed by atoms with Crippen molar-refractivity contribution in [2.75, 3.05) is 13.7 Å². The van der Waals surface area contributed by atoms with Crippen LogP contribution in [0.2, 0.25) is 0 Å². The van der Waals surface area contributed by atoms with Crippen LogP contribution in [0.5, 0.6) is 11.5 Å². The predicted molar refractivity (Wildman–Crippen MR) is 92.8 cm³/mol. The maximum absolute atomic E-state index is 12.3. The summed E-state index contributed by atoms with van der Waals surface area (Å²) in [5, 5.41) is 11.5. The number of carbonyl (C=O) groups excluding carboxylic acids is 1. The van der Waals surface area contributed by atoms with Gasteiger partial charge in [-0.1, -0.05) is 30.3 Å². The lowest BCUT2D eigenvalue weighted by Crippen LogP contribution is -2.28. The molecule has 0 fully saturated rings. The second-order valence-corrected chi connectivity index (χ2v) is 5.53. The molecule has 6 heteroatoms. The first-order chi connectivity index (χ1) is 12.0. The van der Waals surface area contributed by atoms with Gasteiger partial charge in [0.25, 0.3) is 0 Å². The zero-order valence-electron chi connectivity index (χ0n) is 14.2. The van der Waals surface area contributed by atoms with Gasteiger partial charge in [-0.2, -0.15) is 0 Å². The van der Waals surface area contributed by atoms with E-state index in [-0.39, 0.29) is 25.0 Å². The first-order valence-electron chi connectivity index (χ1n) is 7.85. The zero-order chi connectivity index (χ0) is 18.2. The molecule has 0 aliphatic carbocycles. The molecule has 2 aromatic rings. The van der Waals surface area contributed by atoms with Crippen LogP contribution in [0, 0.1) is 0 Å². The van der Waals surface area contributed by atoms with E-state index in [0.29, 0.717) is 11.5 Å². The fourth-order valence-electron chi connectivity index (χ4n) is 2.40. The van der Waals surface area contributed by atoms with Crippen LogP contribution in [-0.4, -0.2) is 30.7 Å². The van der Waals surface area contributed by atoms with E-state index in [9.17, 15) is 9.59 Å². The lowest BCUT2D eigenvalue weighted by atomic mass is 10.1. The topological polar surface area (TPSA) is 84.9 Å². The van der Waals surface area contributed by atoms with Crippen LogP contribution < -0.4 is 14.8 Å². The van der Waals surface area contributed by atoms with Crippen LogP contribution >= 0.6 is 0 Å². The molecule has 0 aliphatic heterocycles. The Balaban J connectivity index is 1.93. The molecule has 0 bridgehead atoms. The Morgan fingerprint density at radius 1 is 1.12 bits per heavy atom. The number of carboxylic acid groups (broad SMARTS) is 1. The number of benzene rings is 2. The first-order valence-corrected chi connectivity index (χ1v) is 7.85. The highest BCUT2D eigenvalue weighted by atomic mass is 16.5. The van der Waals surface area contributed by atoms with E-state index in [0.717, 1.165) is 11.1 Å². The molecule has 2 rings (SSSR count). The van der Waals surface area contributed by atoms with Crippen LogP contribution in [-0.2, 0) is 16.0 Å². The van der Waals surface area contributed by atoms with Crippen LogP contribution in [0.3, 0.4) is 0 Å². The van der Waals surface area contributed by atoms with Crippen LogP contribution in [0.1, 0.15) is 24.1 Å². The van der Waals surface area contributed by atoms with E-state index in [1.165, 1.54) is 0 Å². The average molecular weight is 343 g/mol. The van der Waals surface area contributed by atoms with Gasteiger partial charge in [-0.3, -0.25) is 4.79 Å². The molecule has 0 aliphatic rings. The zero-order valence-corrected chi connectivity index (χ0v) is 14.2. The summed E-state index contributed by atoms with van der Waals surface area (Å²) < 4.78 is 10.3. The smallest absolute Gasteiger partial charge is 0.341 e. The number of methoxy groups -OCH3 is 1. The maximum atomic E-state index is 12.3. The van der Waals surface area contributed by atoms with Crippen molar-refractivity contribution in [2.24, 2.45) is 0 Å². The molecule has 6 nitrogen and oxygen atoms in total. The van der Waals surface area contributed by atoms with Gasteiger partial charge in [-0.15, -0.1) is 0 Å². The monoisotopic (exact) mass is 343 g/mol. The van der Waals surface area contributed by atoms with E-state index in [4.69, 9.17) is 14.6 Å². The van der Waals surface area contributed by atoms with Gasteiger partial charge in [-0.25, -0.2) is 4.79 Å². The second kappa shape index (κ2) is 8.73. The molecule has 0 heterocycles. The number of carbonyl (C=O) groups is 2. The van der Waals surface area contributed by atoms with Crippen molar-refractivity contribution in [1.29, 1.82) is 0 Å². The van der Waals surface area contributed by atoms with Crippen molar-refractivity contribution in [3.63, 3.8) is 0 Å². The number of nitrogens with one attached hydrogen (secondary N) is 1. The van der Waals surface area contributed by atoms with Crippen molar-refractivity contribution < 1.29 is 24.2 Å². The molecule has 0 aromatic heterocycles. The molecule has 132 valence electrons. The Hall–Kier alpha value is -3.02. The molecule has 0 saturated heterocycles. The molecule has 1 atom stereocenters. The normalized spacial score (nSPS) is 11.4. The molecule has 0 saturated carbocycles. The minimum Gasteiger partial charge on any atom is -0.496 e. The Kier molecular flexibility index (Phi) is 6.39. The third-order valence-corrected chi connectivity index (χ3v) is 3.66. The summed E-state index contributed by atoms with van der Waals surface area (Å²) in [4.78, 5) is 22.7. The number of para-hydroxylation sites is 1. The van der Waals surface area contributed by atoms with Gasteiger partial charge in [0, 0.05) is 5.56 Å². The number of hydrogen-bond donors (Lipinski definition) is 2. The summed E-state index contributed by atoms with van der Waals surface area (Å²) >= 11 is 0. The van der Waals surface area contributed by atoms with Gasteiger partial charge < -0.3 is 19.9 Å². The van der Waals surface area contributed by atoms with E-state index in [1.807, 2.05) is 31.2 Å². The van der Waals surface area contributed by atoms with E-state index in [1.54, 1.807) is 31.4 Å². The summed E-state index contributed by atoms with van der Waals surface area (Å²) in [7, 11) is 1.58. The second-order valence-electron chi connectivity index (χ2n) is 5.53. The molecule has 2 N–H and O–H groups in total. The number of aliphatic carboxylic acids is 1. The predicted octanol–water partition coefficient (Wildman–Crippen LogP) is 2.58. The fourth-order valence-corrected chi connectivity index (χ4v) is 2.40. The molecule has 1 unspecified atom stereocenters. The highest BCUT2D eigenvalue weighted by Gasteiger charge is 2.12. The highest BCUT2D eigenvalue weighted by molar-refractivity contribution is 5.79. The molecule has 2 aromatic carbocycles.